The van der Waals surface area contributed by atoms with Gasteiger partial charge in [-0.15, -0.1) is 0 Å². The third kappa shape index (κ3) is 4.80. The van der Waals surface area contributed by atoms with E-state index >= 15 is 0 Å². The molecule has 1 N–H and O–H groups in total. The number of carbonyl (C=O) groups is 2. The van der Waals surface area contributed by atoms with Gasteiger partial charge in [0, 0.05) is 0 Å². The molecule has 5 nitrogen and oxygen atoms in total. The van der Waals surface area contributed by atoms with Gasteiger partial charge in [-0.05, 0) is 0 Å². The van der Waals surface area contributed by atoms with E-state index in [0.29, 0.717) is 5.75 Å². The van der Waals surface area contributed by atoms with Gasteiger partial charge in [0.1, 0.15) is 0 Å². The Bertz CT molecular complexity index is 884. The number of carbonyl (C=O) groups excluding carboxylic acids is 2. The van der Waals surface area contributed by atoms with E-state index < -0.39 is 14.3 Å². The van der Waals surface area contributed by atoms with E-state index in [4.69, 9.17) is 4.74 Å². The molecule has 1 heterocycles. The predicted molar refractivity (Wildman–Crippen MR) is 124 cm³/mol. The van der Waals surface area contributed by atoms with Crippen LogP contribution in [0.25, 0.3) is 0 Å². The van der Waals surface area contributed by atoms with Crippen molar-refractivity contribution in [1.82, 2.24) is 9.88 Å². The first-order chi connectivity index (χ1) is 14.1. The molecule has 0 unspecified atom stereocenters. The Morgan fingerprint density at radius 3 is 2.20 bits per heavy atom. The molecule has 0 aromatic heterocycles. The van der Waals surface area contributed by atoms with Crippen LogP contribution in [-0.4, -0.2) is 57.2 Å². The van der Waals surface area contributed by atoms with E-state index in [-0.39, 0.29) is 43.4 Å². The minimum atomic E-state index is -2.05. The number of nitrogens with one attached hydrogen (secondary N) is 1. The first-order valence-corrected chi connectivity index (χ1v) is 14.9. The van der Waals surface area contributed by atoms with Crippen LogP contribution < -0.4 is 14.5 Å². The monoisotopic (exact) mass is 490 g/mol. The molecular formula is C23H30N2O3SeSi. The molecule has 1 aliphatic rings. The summed E-state index contributed by atoms with van der Waals surface area (Å²) in [5.74, 6) is 0.416. The molecule has 160 valence electrons. The third-order valence-corrected chi connectivity index (χ3v) is 14.4. The molecule has 0 bridgehead atoms. The Balaban J connectivity index is 1.73. The molecule has 30 heavy (non-hydrogen) atoms. The Kier molecular flexibility index (Phi) is 6.75. The van der Waals surface area contributed by atoms with Crippen molar-refractivity contribution in [2.75, 3.05) is 6.61 Å². The van der Waals surface area contributed by atoms with Gasteiger partial charge in [-0.25, -0.2) is 0 Å². The van der Waals surface area contributed by atoms with Crippen molar-refractivity contribution in [3.05, 3.63) is 60.7 Å². The van der Waals surface area contributed by atoms with E-state index in [0.717, 1.165) is 0 Å². The van der Waals surface area contributed by atoms with Gasteiger partial charge in [0.2, 0.25) is 0 Å². The summed E-state index contributed by atoms with van der Waals surface area (Å²) in [5.41, 5.74) is 0. The van der Waals surface area contributed by atoms with Gasteiger partial charge >= 0.3 is 187 Å². The van der Waals surface area contributed by atoms with E-state index in [9.17, 15) is 9.59 Å². The number of hydrogen-bond donors (Lipinski definition) is 1. The summed E-state index contributed by atoms with van der Waals surface area (Å²) in [5, 5.41) is 2.98. The third-order valence-electron chi connectivity index (χ3n) is 5.91. The number of amides is 2. The molecule has 0 radical (unpaired) electrons. The summed E-state index contributed by atoms with van der Waals surface area (Å²) in [6.07, 6.45) is 0. The first kappa shape index (κ1) is 22.6. The van der Waals surface area contributed by atoms with Crippen molar-refractivity contribution < 1.29 is 14.3 Å². The van der Waals surface area contributed by atoms with Crippen molar-refractivity contribution in [2.24, 2.45) is 0 Å². The van der Waals surface area contributed by atoms with Gasteiger partial charge < -0.3 is 0 Å². The van der Waals surface area contributed by atoms with Gasteiger partial charge in [0.05, 0.1) is 0 Å². The normalized spacial score (nSPS) is 19.2. The maximum absolute atomic E-state index is 13.2. The average Bonchev–Trinajstić information content (AvgIpc) is 2.70. The zero-order valence-electron chi connectivity index (χ0n) is 18.2. The molecule has 1 saturated heterocycles. The molecule has 2 aromatic rings. The van der Waals surface area contributed by atoms with Crippen LogP contribution in [0, 0.1) is 0 Å². The van der Waals surface area contributed by atoms with Crippen molar-refractivity contribution in [2.45, 2.75) is 49.9 Å². The molecule has 7 heteroatoms. The van der Waals surface area contributed by atoms with E-state index in [2.05, 4.69) is 55.9 Å². The van der Waals surface area contributed by atoms with Crippen LogP contribution in [-0.2, 0) is 9.59 Å². The van der Waals surface area contributed by atoms with Crippen LogP contribution in [0.2, 0.25) is 18.1 Å². The van der Waals surface area contributed by atoms with E-state index in [1.165, 1.54) is 4.46 Å². The van der Waals surface area contributed by atoms with Crippen molar-refractivity contribution in [1.29, 1.82) is 0 Å². The average molecular weight is 490 g/mol. The van der Waals surface area contributed by atoms with E-state index in [1.54, 1.807) is 0 Å². The number of β-lactam (4-membered cyclic amide) rings is 1. The zero-order valence-corrected chi connectivity index (χ0v) is 20.9. The summed E-state index contributed by atoms with van der Waals surface area (Å²) < 4.78 is 8.89. The van der Waals surface area contributed by atoms with Gasteiger partial charge in [-0.1, -0.05) is 0 Å². The minimum absolute atomic E-state index is 0.0222. The summed E-state index contributed by atoms with van der Waals surface area (Å²) in [6, 6.07) is 19.0. The Hall–Kier alpha value is -2.08. The van der Waals surface area contributed by atoms with Crippen molar-refractivity contribution >= 4 is 39.5 Å². The van der Waals surface area contributed by atoms with Crippen molar-refractivity contribution in [3.8, 4) is 5.75 Å². The number of ether oxygens (including phenoxy) is 1. The molecule has 3 rings (SSSR count). The molecule has 0 spiro atoms. The molecule has 0 aliphatic carbocycles. The number of rotatable bonds is 7. The number of nitrogens with zero attached hydrogens (tertiary/aromatic N) is 1. The molecule has 2 amide bonds. The fourth-order valence-electron chi connectivity index (χ4n) is 3.19. The second-order valence-electron chi connectivity index (χ2n) is 8.99. The number of benzene rings is 2. The number of hydrogen-bond acceptors (Lipinski definition) is 3. The van der Waals surface area contributed by atoms with Crippen LogP contribution in [0.3, 0.4) is 0 Å². The van der Waals surface area contributed by atoms with Crippen LogP contribution in [0.15, 0.2) is 60.7 Å². The predicted octanol–water partition coefficient (Wildman–Crippen LogP) is 2.75. The second-order valence-corrected chi connectivity index (χ2v) is 16.6. The fourth-order valence-corrected chi connectivity index (χ4v) is 9.68. The van der Waals surface area contributed by atoms with E-state index in [1.807, 2.05) is 48.5 Å². The first-order valence-electron chi connectivity index (χ1n) is 10.1. The Labute approximate surface area is 186 Å². The zero-order chi connectivity index (χ0) is 21.9. The molecule has 2 aromatic carbocycles. The summed E-state index contributed by atoms with van der Waals surface area (Å²) >= 11 is 0.0446. The van der Waals surface area contributed by atoms with Crippen LogP contribution in [0.4, 0.5) is 0 Å². The SMILES string of the molecule is CC(C)(C)[Si](C)(C)N1C(=O)[C@@H](NC(=O)COc2ccccc2)[C@H]1[Se]c1ccccc1. The molecule has 2 atom stereocenters. The topological polar surface area (TPSA) is 58.6 Å². The molecule has 0 saturated carbocycles. The second kappa shape index (κ2) is 8.96. The van der Waals surface area contributed by atoms with Crippen LogP contribution in [0.5, 0.6) is 5.75 Å². The molecular weight excluding hydrogens is 459 g/mol. The molecule has 1 aliphatic heterocycles. The van der Waals surface area contributed by atoms with Gasteiger partial charge in [0.15, 0.2) is 0 Å². The number of para-hydroxylation sites is 1. The van der Waals surface area contributed by atoms with Crippen LogP contribution >= 0.6 is 0 Å². The molecule has 1 fully saturated rings. The van der Waals surface area contributed by atoms with Crippen LogP contribution in [0.1, 0.15) is 20.8 Å². The van der Waals surface area contributed by atoms with Gasteiger partial charge in [-0.2, -0.15) is 0 Å². The Morgan fingerprint density at radius 1 is 1.07 bits per heavy atom. The van der Waals surface area contributed by atoms with Gasteiger partial charge in [0.25, 0.3) is 0 Å². The summed E-state index contributed by atoms with van der Waals surface area (Å²) in [4.78, 5) is 25.7. The summed E-state index contributed by atoms with van der Waals surface area (Å²) in [6.45, 7) is 11.0. The van der Waals surface area contributed by atoms with Crippen molar-refractivity contribution in [3.63, 3.8) is 0 Å². The quantitative estimate of drug-likeness (QED) is 0.481. The van der Waals surface area contributed by atoms with Gasteiger partial charge in [-0.3, -0.25) is 0 Å². The Morgan fingerprint density at radius 2 is 1.63 bits per heavy atom. The fraction of sp³-hybridized carbons (Fsp3) is 0.391. The maximum atomic E-state index is 13.2. The summed E-state index contributed by atoms with van der Waals surface area (Å²) in [7, 11) is -2.05. The standard InChI is InChI=1S/C23H30N2O3SeSi/c1-23(2,3)30(4,5)25-21(27)20(22(25)29-18-14-10-7-11-15-18)24-19(26)16-28-17-12-8-6-9-13-17/h6-15,20,22H,16H2,1-5H3,(H,24,26)/t20-,22-/m1/s1.